The third-order valence-electron chi connectivity index (χ3n) is 5.63. The average Bonchev–Trinajstić information content (AvgIpc) is 2.69. The summed E-state index contributed by atoms with van der Waals surface area (Å²) in [6, 6.07) is 2.74. The summed E-state index contributed by atoms with van der Waals surface area (Å²) in [5, 5.41) is 3.33. The fourth-order valence-corrected chi connectivity index (χ4v) is 3.75. The third kappa shape index (κ3) is 4.17. The molecule has 2 aromatic rings. The molecule has 0 spiro atoms. The first-order valence-electron chi connectivity index (χ1n) is 9.96. The summed E-state index contributed by atoms with van der Waals surface area (Å²) < 4.78 is 34.4. The number of nitrogens with zero attached hydrogens (tertiary/aromatic N) is 5. The van der Waals surface area contributed by atoms with Crippen molar-refractivity contribution in [1.29, 1.82) is 0 Å². The molecule has 1 amide bonds. The van der Waals surface area contributed by atoms with Gasteiger partial charge in [0.25, 0.3) is 0 Å². The summed E-state index contributed by atoms with van der Waals surface area (Å²) in [6.07, 6.45) is 2.81. The number of amides is 1. The van der Waals surface area contributed by atoms with Crippen molar-refractivity contribution in [1.82, 2.24) is 15.0 Å². The maximum absolute atomic E-state index is 12.4. The number of hydrogen-bond donors (Lipinski definition) is 1. The van der Waals surface area contributed by atoms with Gasteiger partial charge in [0, 0.05) is 39.0 Å². The molecule has 11 heteroatoms. The molecule has 1 aliphatic heterocycles. The van der Waals surface area contributed by atoms with Crippen molar-refractivity contribution in [2.75, 3.05) is 29.2 Å². The highest BCUT2D eigenvalue weighted by Crippen LogP contribution is 2.36. The highest BCUT2D eigenvalue weighted by Gasteiger charge is 2.36. The molecule has 1 saturated carbocycles. The number of carbonyl (C=O) groups excluding carboxylic acids is 1. The van der Waals surface area contributed by atoms with Gasteiger partial charge in [-0.15, -0.1) is 0 Å². The van der Waals surface area contributed by atoms with Crippen LogP contribution < -0.4 is 24.6 Å². The number of fused-ring (bicyclic) bond motifs is 1. The predicted molar refractivity (Wildman–Crippen MR) is 110 cm³/mol. The number of aromatic nitrogens is 3. The van der Waals surface area contributed by atoms with Crippen molar-refractivity contribution < 1.29 is 23.0 Å². The highest BCUT2D eigenvalue weighted by atomic mass is 19.3. The molecule has 1 fully saturated rings. The minimum atomic E-state index is -2.91. The van der Waals surface area contributed by atoms with Crippen LogP contribution in [0.15, 0.2) is 18.3 Å². The smallest absolute Gasteiger partial charge is 0.388 e. The summed E-state index contributed by atoms with van der Waals surface area (Å²) in [5.74, 6) is 1.58. The van der Waals surface area contributed by atoms with E-state index in [1.807, 2.05) is 25.8 Å². The van der Waals surface area contributed by atoms with Crippen molar-refractivity contribution in [2.45, 2.75) is 51.5 Å². The monoisotopic (exact) mass is 434 g/mol. The molecule has 0 aromatic carbocycles. The molecule has 0 radical (unpaired) electrons. The van der Waals surface area contributed by atoms with Gasteiger partial charge in [-0.05, 0) is 19.9 Å². The van der Waals surface area contributed by atoms with Crippen LogP contribution in [0.25, 0.3) is 0 Å². The summed E-state index contributed by atoms with van der Waals surface area (Å²) >= 11 is 0. The van der Waals surface area contributed by atoms with Crippen LogP contribution in [0.5, 0.6) is 11.6 Å². The molecular formula is C20H24F2N6O3. The van der Waals surface area contributed by atoms with Crippen molar-refractivity contribution in [3.8, 4) is 11.6 Å². The Morgan fingerprint density at radius 1 is 1.23 bits per heavy atom. The Balaban J connectivity index is 1.36. The molecule has 1 aliphatic carbocycles. The largest absolute Gasteiger partial charge is 0.489 e. The molecule has 166 valence electrons. The lowest BCUT2D eigenvalue weighted by atomic mass is 9.89. The Morgan fingerprint density at radius 2 is 1.97 bits per heavy atom. The van der Waals surface area contributed by atoms with Gasteiger partial charge in [0.2, 0.25) is 17.7 Å². The van der Waals surface area contributed by atoms with Crippen LogP contribution >= 0.6 is 0 Å². The van der Waals surface area contributed by atoms with Crippen LogP contribution in [0.2, 0.25) is 0 Å². The van der Waals surface area contributed by atoms with E-state index in [1.54, 1.807) is 18.0 Å². The predicted octanol–water partition coefficient (Wildman–Crippen LogP) is 2.60. The summed E-state index contributed by atoms with van der Waals surface area (Å²) in [5.41, 5.74) is 1.45. The van der Waals surface area contributed by atoms with Gasteiger partial charge in [-0.2, -0.15) is 13.8 Å². The van der Waals surface area contributed by atoms with Gasteiger partial charge in [-0.25, -0.2) is 9.97 Å². The van der Waals surface area contributed by atoms with E-state index < -0.39 is 6.61 Å². The van der Waals surface area contributed by atoms with Gasteiger partial charge < -0.3 is 24.6 Å². The molecule has 9 nitrogen and oxygen atoms in total. The van der Waals surface area contributed by atoms with Crippen LogP contribution in [0.1, 0.15) is 25.5 Å². The Hall–Kier alpha value is -3.24. The fraction of sp³-hybridized carbons (Fsp3) is 0.500. The van der Waals surface area contributed by atoms with Crippen LogP contribution in [0.4, 0.5) is 26.2 Å². The number of hydrogen-bond acceptors (Lipinski definition) is 8. The van der Waals surface area contributed by atoms with E-state index in [0.29, 0.717) is 17.5 Å². The number of rotatable bonds is 6. The number of halogens is 2. The maximum Gasteiger partial charge on any atom is 0.388 e. The first-order chi connectivity index (χ1) is 14.7. The van der Waals surface area contributed by atoms with Gasteiger partial charge in [-0.1, -0.05) is 0 Å². The molecule has 31 heavy (non-hydrogen) atoms. The van der Waals surface area contributed by atoms with Gasteiger partial charge in [0.1, 0.15) is 23.6 Å². The van der Waals surface area contributed by atoms with Crippen molar-refractivity contribution in [3.05, 3.63) is 24.0 Å². The Kier molecular flexibility index (Phi) is 5.50. The van der Waals surface area contributed by atoms with Crippen LogP contribution in [0, 0.1) is 6.92 Å². The molecule has 4 rings (SSSR count). The Morgan fingerprint density at radius 3 is 2.61 bits per heavy atom. The second-order valence-electron chi connectivity index (χ2n) is 7.75. The SMILES string of the molecule is Cc1nc(N[C@H]2C[C@H](Oc3ccc(OC(F)F)nc3)C2)nc2c1N(C)C(=O)[C@H](C)N2C. The Labute approximate surface area is 178 Å². The molecule has 3 heterocycles. The molecule has 1 N–H and O–H groups in total. The van der Waals surface area contributed by atoms with E-state index >= 15 is 0 Å². The molecular weight excluding hydrogens is 410 g/mol. The summed E-state index contributed by atoms with van der Waals surface area (Å²) in [6.45, 7) is 0.804. The minimum absolute atomic E-state index is 0.00434. The standard InChI is InChI=1S/C20H24F2N6O3/c1-10-16-17(27(3)11(2)18(29)28(16)4)26-20(24-10)25-12-7-14(8-12)30-13-5-6-15(23-9-13)31-19(21)22/h5-6,9,11-12,14,19H,7-8H2,1-4H3,(H,24,25,26)/t11-,12-,14-/m0/s1. The zero-order valence-electron chi connectivity index (χ0n) is 17.7. The molecule has 0 bridgehead atoms. The summed E-state index contributed by atoms with van der Waals surface area (Å²) in [7, 11) is 3.59. The lowest BCUT2D eigenvalue weighted by molar-refractivity contribution is -0.119. The molecule has 2 aliphatic rings. The van der Waals surface area contributed by atoms with E-state index in [-0.39, 0.29) is 30.0 Å². The second-order valence-corrected chi connectivity index (χ2v) is 7.75. The fourth-order valence-electron chi connectivity index (χ4n) is 3.75. The first-order valence-corrected chi connectivity index (χ1v) is 9.96. The lowest BCUT2D eigenvalue weighted by Crippen LogP contribution is -2.50. The number of nitrogens with one attached hydrogen (secondary N) is 1. The quantitative estimate of drug-likeness (QED) is 0.742. The van der Waals surface area contributed by atoms with Gasteiger partial charge in [-0.3, -0.25) is 4.79 Å². The molecule has 0 saturated heterocycles. The van der Waals surface area contributed by atoms with E-state index in [4.69, 9.17) is 4.74 Å². The number of likely N-dealkylation sites (N-methyl/N-ethyl adjacent to an activating group) is 2. The zero-order chi connectivity index (χ0) is 22.3. The van der Waals surface area contributed by atoms with Gasteiger partial charge in [0.15, 0.2) is 5.82 Å². The normalized spacial score (nSPS) is 22.8. The Bertz CT molecular complexity index is 968. The first kappa shape index (κ1) is 21.0. The topological polar surface area (TPSA) is 92.7 Å². The van der Waals surface area contributed by atoms with Crippen LogP contribution in [0.3, 0.4) is 0 Å². The lowest BCUT2D eigenvalue weighted by Gasteiger charge is -2.38. The van der Waals surface area contributed by atoms with E-state index in [9.17, 15) is 13.6 Å². The number of alkyl halides is 2. The van der Waals surface area contributed by atoms with Gasteiger partial charge >= 0.3 is 6.61 Å². The van der Waals surface area contributed by atoms with E-state index in [2.05, 4.69) is 25.0 Å². The number of aryl methyl sites for hydroxylation is 1. The van der Waals surface area contributed by atoms with Crippen molar-refractivity contribution in [2.24, 2.45) is 0 Å². The van der Waals surface area contributed by atoms with E-state index in [0.717, 1.165) is 24.2 Å². The van der Waals surface area contributed by atoms with Crippen LogP contribution in [-0.4, -0.2) is 59.8 Å². The average molecular weight is 434 g/mol. The molecule has 0 unspecified atom stereocenters. The number of carbonyl (C=O) groups is 1. The summed E-state index contributed by atoms with van der Waals surface area (Å²) in [4.78, 5) is 28.8. The number of anilines is 3. The van der Waals surface area contributed by atoms with Crippen LogP contribution in [-0.2, 0) is 4.79 Å². The third-order valence-corrected chi connectivity index (χ3v) is 5.63. The van der Waals surface area contributed by atoms with Crippen molar-refractivity contribution in [3.63, 3.8) is 0 Å². The van der Waals surface area contributed by atoms with E-state index in [1.165, 1.54) is 12.3 Å². The number of pyridine rings is 1. The highest BCUT2D eigenvalue weighted by molar-refractivity contribution is 6.04. The van der Waals surface area contributed by atoms with Gasteiger partial charge in [0.05, 0.1) is 11.9 Å². The number of ether oxygens (including phenoxy) is 2. The maximum atomic E-state index is 12.4. The second kappa shape index (κ2) is 8.12. The molecule has 2 aromatic heterocycles. The molecule has 1 atom stereocenters. The van der Waals surface area contributed by atoms with Crippen molar-refractivity contribution >= 4 is 23.4 Å². The minimum Gasteiger partial charge on any atom is -0.489 e. The zero-order valence-corrected chi connectivity index (χ0v) is 17.7.